The Morgan fingerprint density at radius 3 is 2.71 bits per heavy atom. The average molecular weight is 329 g/mol. The van der Waals surface area contributed by atoms with Gasteiger partial charge in [-0.3, -0.25) is 0 Å². The van der Waals surface area contributed by atoms with Gasteiger partial charge in [-0.2, -0.15) is 4.98 Å². The molecule has 24 heavy (non-hydrogen) atoms. The summed E-state index contributed by atoms with van der Waals surface area (Å²) >= 11 is 0. The van der Waals surface area contributed by atoms with Crippen molar-refractivity contribution < 1.29 is 0 Å². The molecule has 2 aromatic heterocycles. The van der Waals surface area contributed by atoms with Crippen LogP contribution in [0.2, 0.25) is 0 Å². The molecule has 0 spiro atoms. The van der Waals surface area contributed by atoms with E-state index in [9.17, 15) is 0 Å². The quantitative estimate of drug-likeness (QED) is 0.842. The first-order chi connectivity index (χ1) is 11.7. The number of hydrogen-bond acceptors (Lipinski definition) is 6. The minimum absolute atomic E-state index is 0.0464. The first-order valence-corrected chi connectivity index (χ1v) is 8.98. The summed E-state index contributed by atoms with van der Waals surface area (Å²) in [4.78, 5) is 11.7. The van der Waals surface area contributed by atoms with E-state index in [0.717, 1.165) is 55.8 Å². The highest BCUT2D eigenvalue weighted by molar-refractivity contribution is 5.45. The molecule has 3 heterocycles. The van der Waals surface area contributed by atoms with Crippen LogP contribution in [0, 0.1) is 0 Å². The zero-order chi connectivity index (χ0) is 16.9. The monoisotopic (exact) mass is 329 g/mol. The van der Waals surface area contributed by atoms with Crippen LogP contribution in [0.4, 0.5) is 11.8 Å². The maximum Gasteiger partial charge on any atom is 0.227 e. The van der Waals surface area contributed by atoms with Gasteiger partial charge in [0, 0.05) is 31.4 Å². The standard InChI is InChI=1S/C17H27N7/c1-4-8-24-12-18-22-16(24)13(3)19-15-11-14(5-2)20-17(21-15)23-9-6-7-10-23/h11-13H,4-10H2,1-3H3,(H,19,20,21). The molecule has 0 radical (unpaired) electrons. The van der Waals surface area contributed by atoms with E-state index in [2.05, 4.69) is 45.8 Å². The highest BCUT2D eigenvalue weighted by Gasteiger charge is 2.18. The lowest BCUT2D eigenvalue weighted by Gasteiger charge is -2.19. The van der Waals surface area contributed by atoms with Crippen LogP contribution in [0.3, 0.4) is 0 Å². The lowest BCUT2D eigenvalue weighted by Crippen LogP contribution is -2.22. The Morgan fingerprint density at radius 2 is 2.00 bits per heavy atom. The summed E-state index contributed by atoms with van der Waals surface area (Å²) in [6.45, 7) is 9.40. The van der Waals surface area contributed by atoms with Crippen molar-refractivity contribution in [1.82, 2.24) is 24.7 Å². The summed E-state index contributed by atoms with van der Waals surface area (Å²) in [6, 6.07) is 2.08. The molecular formula is C17H27N7. The van der Waals surface area contributed by atoms with Gasteiger partial charge >= 0.3 is 0 Å². The normalized spacial score (nSPS) is 15.7. The van der Waals surface area contributed by atoms with Gasteiger partial charge in [-0.1, -0.05) is 13.8 Å². The van der Waals surface area contributed by atoms with Crippen molar-refractivity contribution in [2.45, 2.75) is 59.0 Å². The minimum Gasteiger partial charge on any atom is -0.360 e. The number of aromatic nitrogens is 5. The highest BCUT2D eigenvalue weighted by Crippen LogP contribution is 2.22. The molecule has 0 aromatic carbocycles. The van der Waals surface area contributed by atoms with Crippen LogP contribution < -0.4 is 10.2 Å². The molecular weight excluding hydrogens is 302 g/mol. The molecule has 1 N–H and O–H groups in total. The number of anilines is 2. The van der Waals surface area contributed by atoms with Crippen LogP contribution >= 0.6 is 0 Å². The first kappa shape index (κ1) is 16.7. The summed E-state index contributed by atoms with van der Waals surface area (Å²) in [6.07, 6.45) is 6.20. The molecule has 1 unspecified atom stereocenters. The molecule has 1 saturated heterocycles. The van der Waals surface area contributed by atoms with Crippen LogP contribution in [0.25, 0.3) is 0 Å². The van der Waals surface area contributed by atoms with Crippen molar-refractivity contribution in [1.29, 1.82) is 0 Å². The summed E-state index contributed by atoms with van der Waals surface area (Å²) in [5.41, 5.74) is 1.07. The summed E-state index contributed by atoms with van der Waals surface area (Å²) in [7, 11) is 0. The Balaban J connectivity index is 1.80. The molecule has 0 saturated carbocycles. The largest absolute Gasteiger partial charge is 0.360 e. The van der Waals surface area contributed by atoms with Crippen LogP contribution in [0.1, 0.15) is 57.6 Å². The molecule has 2 aromatic rings. The number of rotatable bonds is 7. The maximum atomic E-state index is 4.74. The van der Waals surface area contributed by atoms with Gasteiger partial charge < -0.3 is 14.8 Å². The molecule has 3 rings (SSSR count). The smallest absolute Gasteiger partial charge is 0.227 e. The molecule has 1 aliphatic heterocycles. The van der Waals surface area contributed by atoms with Crippen molar-refractivity contribution >= 4 is 11.8 Å². The van der Waals surface area contributed by atoms with Gasteiger partial charge in [0.15, 0.2) is 5.82 Å². The van der Waals surface area contributed by atoms with Crippen LogP contribution in [-0.4, -0.2) is 37.8 Å². The molecule has 0 amide bonds. The predicted molar refractivity (Wildman–Crippen MR) is 95.2 cm³/mol. The van der Waals surface area contributed by atoms with Crippen LogP contribution in [-0.2, 0) is 13.0 Å². The van der Waals surface area contributed by atoms with E-state index < -0.39 is 0 Å². The molecule has 1 fully saturated rings. The van der Waals surface area contributed by atoms with E-state index >= 15 is 0 Å². The Kier molecular flexibility index (Phi) is 5.27. The van der Waals surface area contributed by atoms with Crippen LogP contribution in [0.15, 0.2) is 12.4 Å². The SMILES string of the molecule is CCCn1cnnc1C(C)Nc1cc(CC)nc(N2CCCC2)n1. The molecule has 7 heteroatoms. The van der Waals surface area contributed by atoms with Crippen molar-refractivity contribution in [3.8, 4) is 0 Å². The predicted octanol–water partition coefficient (Wildman–Crippen LogP) is 2.81. The third kappa shape index (κ3) is 3.66. The van der Waals surface area contributed by atoms with Crippen molar-refractivity contribution in [2.24, 2.45) is 0 Å². The van der Waals surface area contributed by atoms with Crippen molar-refractivity contribution in [2.75, 3.05) is 23.3 Å². The molecule has 0 bridgehead atoms. The van der Waals surface area contributed by atoms with Gasteiger partial charge in [-0.05, 0) is 32.6 Å². The second-order valence-electron chi connectivity index (χ2n) is 6.34. The van der Waals surface area contributed by atoms with E-state index in [1.165, 1.54) is 12.8 Å². The summed E-state index contributed by atoms with van der Waals surface area (Å²) in [5, 5.41) is 11.8. The van der Waals surface area contributed by atoms with Gasteiger partial charge in [0.2, 0.25) is 5.95 Å². The number of hydrogen-bond donors (Lipinski definition) is 1. The molecule has 0 aliphatic carbocycles. The highest BCUT2D eigenvalue weighted by atomic mass is 15.3. The zero-order valence-corrected chi connectivity index (χ0v) is 14.9. The zero-order valence-electron chi connectivity index (χ0n) is 14.9. The van der Waals surface area contributed by atoms with Gasteiger partial charge in [0.1, 0.15) is 12.1 Å². The Hall–Kier alpha value is -2.18. The fourth-order valence-electron chi connectivity index (χ4n) is 3.10. The van der Waals surface area contributed by atoms with Gasteiger partial charge in [-0.15, -0.1) is 10.2 Å². The van der Waals surface area contributed by atoms with Gasteiger partial charge in [0.25, 0.3) is 0 Å². The fourth-order valence-corrected chi connectivity index (χ4v) is 3.10. The maximum absolute atomic E-state index is 4.74. The lowest BCUT2D eigenvalue weighted by molar-refractivity contribution is 0.613. The Morgan fingerprint density at radius 1 is 1.21 bits per heavy atom. The molecule has 1 atom stereocenters. The van der Waals surface area contributed by atoms with E-state index in [0.29, 0.717) is 0 Å². The lowest BCUT2D eigenvalue weighted by atomic mass is 10.2. The molecule has 1 aliphatic rings. The number of nitrogens with zero attached hydrogens (tertiary/aromatic N) is 6. The van der Waals surface area contributed by atoms with Crippen molar-refractivity contribution in [3.63, 3.8) is 0 Å². The van der Waals surface area contributed by atoms with E-state index in [-0.39, 0.29) is 6.04 Å². The second-order valence-corrected chi connectivity index (χ2v) is 6.34. The number of nitrogens with one attached hydrogen (secondary N) is 1. The average Bonchev–Trinajstić information content (AvgIpc) is 3.26. The topological polar surface area (TPSA) is 71.8 Å². The third-order valence-electron chi connectivity index (χ3n) is 4.38. The summed E-state index contributed by atoms with van der Waals surface area (Å²) < 4.78 is 2.10. The fraction of sp³-hybridized carbons (Fsp3) is 0.647. The Labute approximate surface area is 143 Å². The number of aryl methyl sites for hydroxylation is 2. The first-order valence-electron chi connectivity index (χ1n) is 8.98. The van der Waals surface area contributed by atoms with E-state index in [4.69, 9.17) is 9.97 Å². The van der Waals surface area contributed by atoms with Crippen LogP contribution in [0.5, 0.6) is 0 Å². The Bertz CT molecular complexity index is 661. The second kappa shape index (κ2) is 7.59. The minimum atomic E-state index is 0.0464. The van der Waals surface area contributed by atoms with Gasteiger partial charge in [-0.25, -0.2) is 4.98 Å². The van der Waals surface area contributed by atoms with E-state index in [1.807, 2.05) is 6.07 Å². The molecule has 7 nitrogen and oxygen atoms in total. The third-order valence-corrected chi connectivity index (χ3v) is 4.38. The van der Waals surface area contributed by atoms with Gasteiger partial charge in [0.05, 0.1) is 6.04 Å². The summed E-state index contributed by atoms with van der Waals surface area (Å²) in [5.74, 6) is 2.65. The van der Waals surface area contributed by atoms with Crippen molar-refractivity contribution in [3.05, 3.63) is 23.9 Å². The molecule has 130 valence electrons. The van der Waals surface area contributed by atoms with E-state index in [1.54, 1.807) is 6.33 Å².